The summed E-state index contributed by atoms with van der Waals surface area (Å²) >= 11 is 4.53. The van der Waals surface area contributed by atoms with E-state index in [0.29, 0.717) is 12.0 Å². The number of hydrogen-bond donors (Lipinski definition) is 2. The number of likely N-dealkylation sites (tertiary alicyclic amines) is 1. The second kappa shape index (κ2) is 6.51. The molecule has 3 atom stereocenters. The van der Waals surface area contributed by atoms with Crippen LogP contribution >= 0.6 is 12.6 Å². The van der Waals surface area contributed by atoms with Gasteiger partial charge in [0.05, 0.1) is 0 Å². The molecule has 1 aromatic heterocycles. The minimum atomic E-state index is 0.671. The van der Waals surface area contributed by atoms with Crippen LogP contribution < -0.4 is 0 Å². The lowest BCUT2D eigenvalue weighted by Crippen LogP contribution is -2.48. The summed E-state index contributed by atoms with van der Waals surface area (Å²) in [5.74, 6) is 2.41. The number of hydrogen-bond acceptors (Lipinski definition) is 2. The largest absolute Gasteiger partial charge is 0.361 e. The highest BCUT2D eigenvalue weighted by Gasteiger charge is 2.38. The minimum absolute atomic E-state index is 0.671. The summed E-state index contributed by atoms with van der Waals surface area (Å²) < 4.78 is 0. The van der Waals surface area contributed by atoms with Crippen LogP contribution in [0.4, 0.5) is 0 Å². The first-order valence-corrected chi connectivity index (χ1v) is 8.79. The number of benzene rings is 1. The Morgan fingerprint density at radius 2 is 2.23 bits per heavy atom. The molecule has 2 nitrogen and oxygen atoms in total. The van der Waals surface area contributed by atoms with Crippen LogP contribution in [0.15, 0.2) is 37.1 Å². The Labute approximate surface area is 139 Å². The van der Waals surface area contributed by atoms with Gasteiger partial charge in [-0.1, -0.05) is 18.2 Å². The smallest absolute Gasteiger partial charge is 0.0459 e. The molecule has 118 valence electrons. The topological polar surface area (TPSA) is 19.0 Å². The number of fused-ring (bicyclic) bond motifs is 2. The second-order valence-corrected chi connectivity index (χ2v) is 6.96. The monoisotopic (exact) mass is 314 g/mol. The van der Waals surface area contributed by atoms with Crippen molar-refractivity contribution in [1.29, 1.82) is 0 Å². The van der Waals surface area contributed by atoms with Gasteiger partial charge in [-0.25, -0.2) is 0 Å². The number of likely N-dealkylation sites (N-methyl/N-ethyl adjacent to an activating group) is 1. The Kier molecular flexibility index (Phi) is 4.65. The molecule has 1 N–H and O–H groups in total. The molecule has 0 saturated carbocycles. The number of piperidine rings is 1. The SMILES string of the molecule is C=CC.CN1CC(CS)CC2c3cccc4[nH]cc(c34)CC21. The molecular weight excluding hydrogens is 288 g/mol. The summed E-state index contributed by atoms with van der Waals surface area (Å²) in [4.78, 5) is 6.00. The molecule has 1 aromatic carbocycles. The van der Waals surface area contributed by atoms with E-state index in [1.165, 1.54) is 35.9 Å². The number of H-pyrrole nitrogens is 1. The molecule has 1 aliphatic heterocycles. The maximum Gasteiger partial charge on any atom is 0.0459 e. The Morgan fingerprint density at radius 1 is 1.45 bits per heavy atom. The molecule has 0 radical (unpaired) electrons. The van der Waals surface area contributed by atoms with Crippen molar-refractivity contribution in [3.8, 4) is 0 Å². The zero-order valence-electron chi connectivity index (χ0n) is 13.5. The van der Waals surface area contributed by atoms with Crippen molar-refractivity contribution in [3.63, 3.8) is 0 Å². The van der Waals surface area contributed by atoms with Gasteiger partial charge in [-0.05, 0) is 55.7 Å². The van der Waals surface area contributed by atoms with E-state index in [-0.39, 0.29) is 0 Å². The number of aromatic amines is 1. The molecule has 2 aromatic rings. The minimum Gasteiger partial charge on any atom is -0.361 e. The fourth-order valence-corrected chi connectivity index (χ4v) is 4.45. The maximum atomic E-state index is 4.53. The molecule has 1 fully saturated rings. The van der Waals surface area contributed by atoms with Crippen LogP contribution in [0, 0.1) is 5.92 Å². The van der Waals surface area contributed by atoms with E-state index in [1.54, 1.807) is 11.6 Å². The number of thiol groups is 1. The number of nitrogens with one attached hydrogen (secondary N) is 1. The van der Waals surface area contributed by atoms with E-state index in [2.05, 4.69) is 60.5 Å². The van der Waals surface area contributed by atoms with Crippen LogP contribution in [0.3, 0.4) is 0 Å². The predicted molar refractivity (Wildman–Crippen MR) is 99.0 cm³/mol. The Hall–Kier alpha value is -1.19. The van der Waals surface area contributed by atoms with Gasteiger partial charge < -0.3 is 9.88 Å². The molecule has 2 heterocycles. The third-order valence-corrected chi connectivity index (χ3v) is 5.59. The summed E-state index contributed by atoms with van der Waals surface area (Å²) in [7, 11) is 2.28. The van der Waals surface area contributed by atoms with Crippen molar-refractivity contribution >= 4 is 23.5 Å². The molecule has 1 saturated heterocycles. The fraction of sp³-hybridized carbons (Fsp3) is 0.474. The number of rotatable bonds is 1. The van der Waals surface area contributed by atoms with Crippen LogP contribution in [0.1, 0.15) is 30.4 Å². The van der Waals surface area contributed by atoms with Crippen molar-refractivity contribution in [2.45, 2.75) is 31.7 Å². The van der Waals surface area contributed by atoms with Crippen molar-refractivity contribution in [2.75, 3.05) is 19.3 Å². The molecule has 22 heavy (non-hydrogen) atoms. The Morgan fingerprint density at radius 3 is 2.95 bits per heavy atom. The third-order valence-electron chi connectivity index (χ3n) is 5.07. The van der Waals surface area contributed by atoms with Gasteiger partial charge in [-0.15, -0.1) is 6.58 Å². The van der Waals surface area contributed by atoms with E-state index < -0.39 is 0 Å². The molecule has 2 aliphatic rings. The van der Waals surface area contributed by atoms with Crippen LogP contribution in [-0.4, -0.2) is 35.3 Å². The lowest BCUT2D eigenvalue weighted by atomic mass is 9.73. The van der Waals surface area contributed by atoms with Gasteiger partial charge in [0, 0.05) is 35.6 Å². The predicted octanol–water partition coefficient (Wildman–Crippen LogP) is 4.25. The highest BCUT2D eigenvalue weighted by molar-refractivity contribution is 7.80. The van der Waals surface area contributed by atoms with Gasteiger partial charge in [-0.3, -0.25) is 0 Å². The highest BCUT2D eigenvalue weighted by atomic mass is 32.1. The number of nitrogens with zero attached hydrogens (tertiary/aromatic N) is 1. The lowest BCUT2D eigenvalue weighted by Gasteiger charge is -2.45. The fourth-order valence-electron chi connectivity index (χ4n) is 4.19. The third kappa shape index (κ3) is 2.61. The first kappa shape index (κ1) is 15.7. The number of aromatic nitrogens is 1. The quantitative estimate of drug-likeness (QED) is 0.595. The summed E-state index contributed by atoms with van der Waals surface area (Å²) in [5, 5.41) is 1.50. The normalized spacial score (nSPS) is 27.0. The van der Waals surface area contributed by atoms with E-state index in [4.69, 9.17) is 0 Å². The standard InChI is InChI=1S/C16H20N2S.C3H6/c1-18-8-10(9-19)5-13-12-3-2-4-14-16(12)11(7-17-14)6-15(13)18;1-3-2/h2-4,7,10,13,15,17,19H,5-6,8-9H2,1H3;3H,1H2,2H3. The molecule has 1 aliphatic carbocycles. The van der Waals surface area contributed by atoms with E-state index in [9.17, 15) is 0 Å². The summed E-state index contributed by atoms with van der Waals surface area (Å²) in [6, 6.07) is 7.41. The zero-order chi connectivity index (χ0) is 15.7. The van der Waals surface area contributed by atoms with Crippen molar-refractivity contribution in [3.05, 3.63) is 48.2 Å². The van der Waals surface area contributed by atoms with Gasteiger partial charge >= 0.3 is 0 Å². The first-order chi connectivity index (χ1) is 10.7. The van der Waals surface area contributed by atoms with Crippen LogP contribution in [0.2, 0.25) is 0 Å². The highest BCUT2D eigenvalue weighted by Crippen LogP contribution is 2.44. The second-order valence-electron chi connectivity index (χ2n) is 6.59. The molecule has 0 amide bonds. The average Bonchev–Trinajstić information content (AvgIpc) is 2.94. The first-order valence-electron chi connectivity index (χ1n) is 8.16. The summed E-state index contributed by atoms with van der Waals surface area (Å²) in [5.41, 5.74) is 4.37. The molecule has 4 rings (SSSR count). The molecular formula is C19H26N2S. The van der Waals surface area contributed by atoms with E-state index in [1.807, 2.05) is 6.92 Å². The summed E-state index contributed by atoms with van der Waals surface area (Å²) in [6.07, 6.45) is 6.45. The van der Waals surface area contributed by atoms with Gasteiger partial charge in [0.15, 0.2) is 0 Å². The van der Waals surface area contributed by atoms with Crippen LogP contribution in [0.25, 0.3) is 10.9 Å². The van der Waals surface area contributed by atoms with E-state index in [0.717, 1.165) is 11.7 Å². The summed E-state index contributed by atoms with van der Waals surface area (Å²) in [6.45, 7) is 6.44. The average molecular weight is 314 g/mol. The zero-order valence-corrected chi connectivity index (χ0v) is 14.4. The van der Waals surface area contributed by atoms with Crippen molar-refractivity contribution < 1.29 is 0 Å². The Balaban J connectivity index is 0.000000446. The molecule has 3 heteroatoms. The number of allylic oxidation sites excluding steroid dienone is 1. The van der Waals surface area contributed by atoms with Gasteiger partial charge in [0.1, 0.15) is 0 Å². The Bertz CT molecular complexity index is 660. The lowest BCUT2D eigenvalue weighted by molar-refractivity contribution is 0.121. The van der Waals surface area contributed by atoms with Crippen molar-refractivity contribution in [2.24, 2.45) is 5.92 Å². The van der Waals surface area contributed by atoms with Crippen LogP contribution in [0.5, 0.6) is 0 Å². The van der Waals surface area contributed by atoms with Crippen LogP contribution in [-0.2, 0) is 6.42 Å². The van der Waals surface area contributed by atoms with Crippen molar-refractivity contribution in [1.82, 2.24) is 9.88 Å². The van der Waals surface area contributed by atoms with Gasteiger partial charge in [0.25, 0.3) is 0 Å². The van der Waals surface area contributed by atoms with Gasteiger partial charge in [-0.2, -0.15) is 12.6 Å². The van der Waals surface area contributed by atoms with Gasteiger partial charge in [0.2, 0.25) is 0 Å². The maximum absolute atomic E-state index is 4.53. The molecule has 0 spiro atoms. The van der Waals surface area contributed by atoms with E-state index >= 15 is 0 Å². The molecule has 3 unspecified atom stereocenters. The molecule has 0 bridgehead atoms.